The number of hydrogen-bond acceptors (Lipinski definition) is 8. The minimum Gasteiger partial charge on any atom is -0.497 e. The number of carbonyl (C=O) groups excluding carboxylic acids is 2. The molecule has 3 aliphatic rings. The van der Waals surface area contributed by atoms with Crippen molar-refractivity contribution in [3.8, 4) is 11.6 Å². The van der Waals surface area contributed by atoms with E-state index in [9.17, 15) is 19.5 Å². The molecule has 0 spiro atoms. The van der Waals surface area contributed by atoms with Crippen LogP contribution in [0.2, 0.25) is 0 Å². The van der Waals surface area contributed by atoms with E-state index in [-0.39, 0.29) is 29.9 Å². The third-order valence-corrected chi connectivity index (χ3v) is 8.32. The van der Waals surface area contributed by atoms with E-state index in [0.29, 0.717) is 24.7 Å². The van der Waals surface area contributed by atoms with Crippen LogP contribution in [0.15, 0.2) is 36.1 Å². The van der Waals surface area contributed by atoms with Gasteiger partial charge >= 0.3 is 18.0 Å². The fourth-order valence-corrected chi connectivity index (χ4v) is 5.79. The van der Waals surface area contributed by atoms with Crippen molar-refractivity contribution in [3.63, 3.8) is 0 Å². The van der Waals surface area contributed by atoms with Crippen molar-refractivity contribution in [1.29, 1.82) is 0 Å². The Kier molecular flexibility index (Phi) is 8.28. The predicted octanol–water partition coefficient (Wildman–Crippen LogP) is 4.44. The summed E-state index contributed by atoms with van der Waals surface area (Å²) in [4.78, 5) is 49.2. The van der Waals surface area contributed by atoms with Gasteiger partial charge in [-0.05, 0) is 42.9 Å². The molecule has 1 aliphatic carbocycles. The number of nitrogens with zero attached hydrogens (tertiary/aromatic N) is 3. The minimum absolute atomic E-state index is 0.0895. The average molecular weight is 615 g/mol. The summed E-state index contributed by atoms with van der Waals surface area (Å²) < 4.78 is 48.4. The molecule has 236 valence electrons. The normalized spacial score (nSPS) is 28.6. The average Bonchev–Trinajstić information content (AvgIpc) is 3.58. The number of carboxylic acids is 1. The number of allylic oxidation sites excluding steroid dienone is 1. The van der Waals surface area contributed by atoms with Crippen molar-refractivity contribution in [2.24, 2.45) is 17.3 Å². The molecule has 0 unspecified atom stereocenters. The number of rotatable bonds is 3. The molecular formula is C31H36F2N4O7. The van der Waals surface area contributed by atoms with Crippen molar-refractivity contribution < 1.29 is 42.5 Å². The number of benzene rings is 1. The van der Waals surface area contributed by atoms with Crippen LogP contribution in [0, 0.1) is 17.3 Å². The molecule has 6 atom stereocenters. The maximum Gasteiger partial charge on any atom is 0.408 e. The minimum atomic E-state index is -3.67. The molecule has 5 rings (SSSR count). The summed E-state index contributed by atoms with van der Waals surface area (Å²) in [6.45, 7) is 6.69. The molecule has 3 heterocycles. The molecule has 2 N–H and O–H groups in total. The van der Waals surface area contributed by atoms with E-state index >= 15 is 8.78 Å². The Morgan fingerprint density at radius 3 is 2.61 bits per heavy atom. The SMILES string of the molecule is CC[C@@H]1[C@@H]2CN(C(=O)[C@H](C(C)(C)C)NC(=O)O[C@@H]3C[C@H]3CC=C=CC(F)(F)c3nc4ccc(OC)cc4nc3O2)[C@@H]1C(=O)O. The van der Waals surface area contributed by atoms with Gasteiger partial charge in [0.1, 0.15) is 30.0 Å². The van der Waals surface area contributed by atoms with Crippen molar-refractivity contribution in [2.45, 2.75) is 77.2 Å². The van der Waals surface area contributed by atoms with E-state index in [1.165, 1.54) is 25.3 Å². The van der Waals surface area contributed by atoms with Crippen molar-refractivity contribution in [3.05, 3.63) is 41.8 Å². The highest BCUT2D eigenvalue weighted by Crippen LogP contribution is 2.40. The molecule has 2 aromatic rings. The number of amides is 2. The van der Waals surface area contributed by atoms with Crippen LogP contribution >= 0.6 is 0 Å². The number of fused-ring (bicyclic) bond motifs is 5. The molecule has 44 heavy (non-hydrogen) atoms. The number of aromatic nitrogens is 2. The number of alkyl halides is 2. The van der Waals surface area contributed by atoms with Gasteiger partial charge in [0, 0.05) is 24.0 Å². The third-order valence-electron chi connectivity index (χ3n) is 8.32. The van der Waals surface area contributed by atoms with Gasteiger partial charge < -0.3 is 29.5 Å². The first kappa shape index (κ1) is 31.2. The van der Waals surface area contributed by atoms with Crippen molar-refractivity contribution in [2.75, 3.05) is 13.7 Å². The van der Waals surface area contributed by atoms with Crippen LogP contribution < -0.4 is 14.8 Å². The Balaban J connectivity index is 1.64. The fraction of sp³-hybridized carbons (Fsp3) is 0.548. The Labute approximate surface area is 253 Å². The second kappa shape index (κ2) is 11.7. The number of nitrogens with one attached hydrogen (secondary N) is 1. The number of ether oxygens (including phenoxy) is 3. The summed E-state index contributed by atoms with van der Waals surface area (Å²) in [5, 5.41) is 12.9. The summed E-state index contributed by atoms with van der Waals surface area (Å²) in [6, 6.07) is 2.11. The van der Waals surface area contributed by atoms with Crippen LogP contribution in [-0.2, 0) is 20.2 Å². The van der Waals surface area contributed by atoms with Crippen LogP contribution in [0.4, 0.5) is 13.6 Å². The topological polar surface area (TPSA) is 140 Å². The molecule has 2 aliphatic heterocycles. The lowest BCUT2D eigenvalue weighted by atomic mass is 9.85. The molecule has 0 radical (unpaired) electrons. The van der Waals surface area contributed by atoms with Gasteiger partial charge in [0.15, 0.2) is 5.69 Å². The van der Waals surface area contributed by atoms with E-state index in [2.05, 4.69) is 21.0 Å². The second-order valence-corrected chi connectivity index (χ2v) is 12.5. The molecule has 2 bridgehead atoms. The number of carboxylic acid groups (broad SMARTS) is 1. The molecular weight excluding hydrogens is 578 g/mol. The highest BCUT2D eigenvalue weighted by Gasteiger charge is 2.52. The largest absolute Gasteiger partial charge is 0.497 e. The summed E-state index contributed by atoms with van der Waals surface area (Å²) in [7, 11) is 1.45. The van der Waals surface area contributed by atoms with E-state index < -0.39 is 71.1 Å². The predicted molar refractivity (Wildman–Crippen MR) is 153 cm³/mol. The van der Waals surface area contributed by atoms with Gasteiger partial charge in [0.05, 0.1) is 24.7 Å². The zero-order valence-electron chi connectivity index (χ0n) is 25.2. The fourth-order valence-electron chi connectivity index (χ4n) is 5.79. The molecule has 1 saturated carbocycles. The van der Waals surface area contributed by atoms with Gasteiger partial charge in [-0.1, -0.05) is 27.7 Å². The monoisotopic (exact) mass is 614 g/mol. The lowest BCUT2D eigenvalue weighted by Gasteiger charge is -2.34. The van der Waals surface area contributed by atoms with Crippen molar-refractivity contribution >= 4 is 29.0 Å². The number of alkyl carbamates (subject to hydrolysis) is 1. The molecule has 11 nitrogen and oxygen atoms in total. The Bertz CT molecular complexity index is 1530. The second-order valence-electron chi connectivity index (χ2n) is 12.5. The quantitative estimate of drug-likeness (QED) is 0.480. The van der Waals surface area contributed by atoms with E-state index in [0.717, 1.165) is 4.90 Å². The molecule has 2 fully saturated rings. The summed E-state index contributed by atoms with van der Waals surface area (Å²) >= 11 is 0. The third kappa shape index (κ3) is 6.19. The lowest BCUT2D eigenvalue weighted by Crippen LogP contribution is -2.57. The van der Waals surface area contributed by atoms with Crippen LogP contribution in [-0.4, -0.2) is 75.9 Å². The Hall–Kier alpha value is -4.25. The highest BCUT2D eigenvalue weighted by molar-refractivity contribution is 5.90. The lowest BCUT2D eigenvalue weighted by molar-refractivity contribution is -0.151. The highest BCUT2D eigenvalue weighted by atomic mass is 19.3. The van der Waals surface area contributed by atoms with E-state index in [1.807, 2.05) is 0 Å². The van der Waals surface area contributed by atoms with Crippen LogP contribution in [0.1, 0.15) is 52.7 Å². The first-order chi connectivity index (χ1) is 20.7. The maximum absolute atomic E-state index is 15.8. The zero-order valence-corrected chi connectivity index (χ0v) is 25.2. The van der Waals surface area contributed by atoms with E-state index in [1.54, 1.807) is 33.8 Å². The van der Waals surface area contributed by atoms with Gasteiger partial charge in [-0.2, -0.15) is 8.78 Å². The summed E-state index contributed by atoms with van der Waals surface area (Å²) in [6.07, 6.45) is 0.845. The number of carbonyl (C=O) groups is 3. The molecule has 13 heteroatoms. The van der Waals surface area contributed by atoms with Gasteiger partial charge in [0.2, 0.25) is 11.8 Å². The van der Waals surface area contributed by atoms with Gasteiger partial charge in [0.25, 0.3) is 0 Å². The maximum atomic E-state index is 15.8. The molecule has 1 aromatic carbocycles. The first-order valence-electron chi connectivity index (χ1n) is 14.6. The van der Waals surface area contributed by atoms with Crippen LogP contribution in [0.25, 0.3) is 11.0 Å². The van der Waals surface area contributed by atoms with Gasteiger partial charge in [-0.25, -0.2) is 19.6 Å². The molecule has 1 aromatic heterocycles. The Morgan fingerprint density at radius 1 is 1.20 bits per heavy atom. The number of halogens is 2. The van der Waals surface area contributed by atoms with Gasteiger partial charge in [-0.15, -0.1) is 5.73 Å². The van der Waals surface area contributed by atoms with Gasteiger partial charge in [-0.3, -0.25) is 4.79 Å². The number of hydrogen-bond donors (Lipinski definition) is 2. The standard InChI is InChI=1S/C31H36F2N4O7/c1-6-18-22-15-37(23(18)28(39)40)27(38)25(30(2,3)4)36-29(41)44-21-13-16(21)9-7-8-12-31(32,33)24-26(43-22)35-20-14-17(42-5)10-11-19(20)34-24/h7,10-12,14,16,18,21-23,25H,6,9,13,15H2,1-5H3,(H,36,41)(H,39,40)/t8?,16-,18-,21-,22+,23+,25-/m1/s1. The van der Waals surface area contributed by atoms with Crippen LogP contribution in [0.3, 0.4) is 0 Å². The van der Waals surface area contributed by atoms with Crippen molar-refractivity contribution in [1.82, 2.24) is 20.2 Å². The number of aliphatic carboxylic acids is 1. The van der Waals surface area contributed by atoms with Crippen LogP contribution in [0.5, 0.6) is 11.6 Å². The number of methoxy groups -OCH3 is 1. The Morgan fingerprint density at radius 2 is 1.95 bits per heavy atom. The molecule has 1 saturated heterocycles. The zero-order chi connectivity index (χ0) is 32.0. The summed E-state index contributed by atoms with van der Waals surface area (Å²) in [5.74, 6) is -6.55. The van der Waals surface area contributed by atoms with E-state index in [4.69, 9.17) is 14.2 Å². The summed E-state index contributed by atoms with van der Waals surface area (Å²) in [5.41, 5.74) is 1.34. The molecule has 2 amide bonds. The smallest absolute Gasteiger partial charge is 0.408 e. The first-order valence-corrected chi connectivity index (χ1v) is 14.6.